The number of Topliss-reactive ketones (excluding diaryl/α,β-unsaturated/α-hetero) is 1. The van der Waals surface area contributed by atoms with Crippen molar-refractivity contribution in [3.05, 3.63) is 12.7 Å². The van der Waals surface area contributed by atoms with Crippen molar-refractivity contribution in [1.82, 2.24) is 0 Å². The predicted octanol–water partition coefficient (Wildman–Crippen LogP) is -3.41. The molecule has 0 rings (SSSR count). The topological polar surface area (TPSA) is 197 Å². The van der Waals surface area contributed by atoms with E-state index < -0.39 is 50.6 Å². The van der Waals surface area contributed by atoms with Crippen molar-refractivity contribution in [1.29, 1.82) is 0 Å². The molecule has 0 aliphatic carbocycles. The molecule has 1 unspecified atom stereocenters. The summed E-state index contributed by atoms with van der Waals surface area (Å²) in [6.45, 7) is 2.27. The highest BCUT2D eigenvalue weighted by molar-refractivity contribution is 7.46. The van der Waals surface area contributed by atoms with Gasteiger partial charge in [-0.15, -0.1) is 6.58 Å². The lowest BCUT2D eigenvalue weighted by atomic mass is 9.95. The third-order valence-electron chi connectivity index (χ3n) is 2.44. The molecular formula is C9H19N2O8P. The second-order valence-corrected chi connectivity index (χ2v) is 5.18. The average molecular weight is 314 g/mol. The SMILES string of the molecule is C=CC(N)C(=O)[C@H](N)[C@@H](O)[C@H](OP(=O)(O)O)[C@H](O)CO. The van der Waals surface area contributed by atoms with Crippen LogP contribution in [0.2, 0.25) is 0 Å². The van der Waals surface area contributed by atoms with Crippen LogP contribution in [0.1, 0.15) is 0 Å². The Bertz CT molecular complexity index is 386. The monoisotopic (exact) mass is 314 g/mol. The number of hydrogen-bond acceptors (Lipinski definition) is 8. The molecule has 0 heterocycles. The molecule has 0 spiro atoms. The van der Waals surface area contributed by atoms with E-state index in [4.69, 9.17) is 26.4 Å². The van der Waals surface area contributed by atoms with E-state index in [1.165, 1.54) is 0 Å². The molecule has 0 fully saturated rings. The molecule has 0 amide bonds. The summed E-state index contributed by atoms with van der Waals surface area (Å²) in [5.74, 6) is -0.878. The van der Waals surface area contributed by atoms with Crippen LogP contribution in [0.4, 0.5) is 0 Å². The van der Waals surface area contributed by atoms with Gasteiger partial charge in [0, 0.05) is 0 Å². The lowest BCUT2D eigenvalue weighted by Crippen LogP contribution is -2.56. The average Bonchev–Trinajstić information content (AvgIpc) is 2.39. The fourth-order valence-electron chi connectivity index (χ4n) is 1.33. The van der Waals surface area contributed by atoms with Gasteiger partial charge in [-0.2, -0.15) is 0 Å². The summed E-state index contributed by atoms with van der Waals surface area (Å²) in [5, 5.41) is 27.9. The van der Waals surface area contributed by atoms with Crippen molar-refractivity contribution in [2.45, 2.75) is 30.4 Å². The zero-order valence-corrected chi connectivity index (χ0v) is 11.3. The van der Waals surface area contributed by atoms with Crippen LogP contribution >= 0.6 is 7.82 Å². The molecule has 0 aromatic carbocycles. The number of rotatable bonds is 9. The lowest BCUT2D eigenvalue weighted by molar-refractivity contribution is -0.128. The van der Waals surface area contributed by atoms with Crippen LogP contribution in [0.15, 0.2) is 12.7 Å². The van der Waals surface area contributed by atoms with Crippen LogP contribution in [-0.2, 0) is 13.9 Å². The van der Waals surface area contributed by atoms with Gasteiger partial charge in [-0.05, 0) is 0 Å². The van der Waals surface area contributed by atoms with Crippen LogP contribution in [0, 0.1) is 0 Å². The number of phosphoric acid groups is 1. The van der Waals surface area contributed by atoms with Gasteiger partial charge in [0.25, 0.3) is 0 Å². The van der Waals surface area contributed by atoms with Crippen molar-refractivity contribution < 1.29 is 39.0 Å². The van der Waals surface area contributed by atoms with Crippen molar-refractivity contribution in [3.63, 3.8) is 0 Å². The van der Waals surface area contributed by atoms with Gasteiger partial charge in [-0.25, -0.2) is 4.57 Å². The molecule has 9 N–H and O–H groups in total. The predicted molar refractivity (Wildman–Crippen MR) is 67.2 cm³/mol. The van der Waals surface area contributed by atoms with Gasteiger partial charge in [0.05, 0.1) is 18.7 Å². The van der Waals surface area contributed by atoms with Crippen molar-refractivity contribution >= 4 is 13.6 Å². The van der Waals surface area contributed by atoms with E-state index in [0.717, 1.165) is 6.08 Å². The maximum absolute atomic E-state index is 11.6. The molecule has 0 aromatic heterocycles. The van der Waals surface area contributed by atoms with E-state index in [2.05, 4.69) is 11.1 Å². The first-order chi connectivity index (χ1) is 9.05. The number of nitrogens with two attached hydrogens (primary N) is 2. The Morgan fingerprint density at radius 1 is 1.35 bits per heavy atom. The fraction of sp³-hybridized carbons (Fsp3) is 0.667. The minimum Gasteiger partial charge on any atom is -0.394 e. The summed E-state index contributed by atoms with van der Waals surface area (Å²) in [5.41, 5.74) is 10.7. The lowest BCUT2D eigenvalue weighted by Gasteiger charge is -2.30. The number of carbonyl (C=O) groups is 1. The number of hydrogen-bond donors (Lipinski definition) is 7. The molecule has 0 aliphatic heterocycles. The Morgan fingerprint density at radius 3 is 2.20 bits per heavy atom. The molecule has 0 radical (unpaired) electrons. The van der Waals surface area contributed by atoms with Crippen LogP contribution in [0.3, 0.4) is 0 Å². The Balaban J connectivity index is 5.12. The summed E-state index contributed by atoms with van der Waals surface area (Å²) in [6.07, 6.45) is -4.78. The van der Waals surface area contributed by atoms with Gasteiger partial charge in [-0.1, -0.05) is 6.08 Å². The Morgan fingerprint density at radius 2 is 1.85 bits per heavy atom. The van der Waals surface area contributed by atoms with Crippen molar-refractivity contribution in [2.75, 3.05) is 6.61 Å². The van der Waals surface area contributed by atoms with E-state index in [9.17, 15) is 19.6 Å². The first-order valence-electron chi connectivity index (χ1n) is 5.43. The van der Waals surface area contributed by atoms with Crippen molar-refractivity contribution in [2.24, 2.45) is 11.5 Å². The standard InChI is InChI=1S/C9H19N2O8P/c1-2-4(10)7(14)6(11)8(15)9(5(13)3-12)19-20(16,17)18/h2,4-6,8-9,12-13,15H,1,3,10-11H2,(H2,16,17,18)/t4?,5-,6+,8-,9-/m1/s1. The zero-order chi connectivity index (χ0) is 16.1. The van der Waals surface area contributed by atoms with Gasteiger partial charge in [0.15, 0.2) is 5.78 Å². The van der Waals surface area contributed by atoms with Gasteiger partial charge in [0.2, 0.25) is 0 Å². The largest absolute Gasteiger partial charge is 0.470 e. The molecule has 0 bridgehead atoms. The maximum atomic E-state index is 11.6. The smallest absolute Gasteiger partial charge is 0.394 e. The van der Waals surface area contributed by atoms with Crippen LogP contribution in [-0.4, -0.2) is 67.9 Å². The van der Waals surface area contributed by atoms with Gasteiger partial charge >= 0.3 is 7.82 Å². The summed E-state index contributed by atoms with van der Waals surface area (Å²) in [4.78, 5) is 29.0. The number of ketones is 1. The third-order valence-corrected chi connectivity index (χ3v) is 2.96. The highest BCUT2D eigenvalue weighted by Crippen LogP contribution is 2.39. The molecule has 5 atom stereocenters. The Labute approximate surface area is 114 Å². The van der Waals surface area contributed by atoms with Gasteiger partial charge in [-0.3, -0.25) is 9.32 Å². The summed E-state index contributed by atoms with van der Waals surface area (Å²) in [6, 6.07) is -2.90. The first kappa shape index (κ1) is 19.3. The quantitative estimate of drug-likeness (QED) is 0.166. The van der Waals surface area contributed by atoms with Crippen LogP contribution in [0.25, 0.3) is 0 Å². The highest BCUT2D eigenvalue weighted by Gasteiger charge is 2.39. The highest BCUT2D eigenvalue weighted by atomic mass is 31.2. The molecule has 0 aliphatic rings. The zero-order valence-electron chi connectivity index (χ0n) is 10.4. The van der Waals surface area contributed by atoms with E-state index in [1.54, 1.807) is 0 Å². The first-order valence-corrected chi connectivity index (χ1v) is 6.96. The second-order valence-electron chi connectivity index (χ2n) is 3.99. The molecule has 118 valence electrons. The fourth-order valence-corrected chi connectivity index (χ4v) is 1.92. The van der Waals surface area contributed by atoms with Crippen molar-refractivity contribution in [3.8, 4) is 0 Å². The molecule has 11 heteroatoms. The second kappa shape index (κ2) is 7.93. The van der Waals surface area contributed by atoms with E-state index in [1.807, 2.05) is 0 Å². The van der Waals surface area contributed by atoms with Crippen LogP contribution < -0.4 is 11.5 Å². The van der Waals surface area contributed by atoms with Gasteiger partial charge < -0.3 is 36.6 Å². The molecular weight excluding hydrogens is 295 g/mol. The van der Waals surface area contributed by atoms with E-state index >= 15 is 0 Å². The molecule has 20 heavy (non-hydrogen) atoms. The summed E-state index contributed by atoms with van der Waals surface area (Å²) < 4.78 is 14.9. The minimum atomic E-state index is -5.09. The number of phosphoric ester groups is 1. The van der Waals surface area contributed by atoms with Crippen LogP contribution in [0.5, 0.6) is 0 Å². The summed E-state index contributed by atoms with van der Waals surface area (Å²) >= 11 is 0. The molecule has 10 nitrogen and oxygen atoms in total. The normalized spacial score (nSPS) is 19.8. The molecule has 0 saturated heterocycles. The number of aliphatic hydroxyl groups is 3. The van der Waals surface area contributed by atoms with E-state index in [-0.39, 0.29) is 0 Å². The number of aliphatic hydroxyl groups excluding tert-OH is 3. The maximum Gasteiger partial charge on any atom is 0.470 e. The van der Waals surface area contributed by atoms with Gasteiger partial charge in [0.1, 0.15) is 18.3 Å². The number of carbonyl (C=O) groups excluding carboxylic acids is 1. The molecule has 0 aromatic rings. The molecule has 0 saturated carbocycles. The Hall–Kier alpha value is -0.680. The minimum absolute atomic E-state index is 0.878. The summed E-state index contributed by atoms with van der Waals surface area (Å²) in [7, 11) is -5.09. The third kappa shape index (κ3) is 5.75. The van der Waals surface area contributed by atoms with E-state index in [0.29, 0.717) is 0 Å². The Kier molecular flexibility index (Phi) is 7.66.